The highest BCUT2D eigenvalue weighted by Gasteiger charge is 2.19. The second-order valence-corrected chi connectivity index (χ2v) is 20.6. The van der Waals surface area contributed by atoms with Crippen molar-refractivity contribution in [1.82, 2.24) is 0 Å². The molecule has 0 saturated heterocycles. The van der Waals surface area contributed by atoms with E-state index in [1.54, 1.807) is 0 Å². The van der Waals surface area contributed by atoms with E-state index in [0.717, 1.165) is 89.9 Å². The summed E-state index contributed by atoms with van der Waals surface area (Å²) in [5, 5.41) is 0. The molecule has 6 heteroatoms. The lowest BCUT2D eigenvalue weighted by atomic mass is 10.0. The predicted molar refractivity (Wildman–Crippen MR) is 307 cm³/mol. The van der Waals surface area contributed by atoms with Crippen LogP contribution in [0.1, 0.15) is 316 Å². The smallest absolute Gasteiger partial charge is 0.306 e. The van der Waals surface area contributed by atoms with E-state index < -0.39 is 6.10 Å². The fraction of sp³-hybridized carbons (Fsp3) is 0.800. The molecule has 0 aliphatic heterocycles. The molecule has 0 aliphatic rings. The molecule has 0 saturated carbocycles. The third kappa shape index (κ3) is 57.9. The van der Waals surface area contributed by atoms with Gasteiger partial charge in [-0.3, -0.25) is 14.4 Å². The lowest BCUT2D eigenvalue weighted by Gasteiger charge is -2.18. The first-order valence-corrected chi connectivity index (χ1v) is 30.8. The van der Waals surface area contributed by atoms with Gasteiger partial charge in [-0.15, -0.1) is 0 Å². The molecule has 0 amide bonds. The van der Waals surface area contributed by atoms with Crippen LogP contribution in [0.3, 0.4) is 0 Å². The molecule has 0 aromatic carbocycles. The van der Waals surface area contributed by atoms with Crippen LogP contribution in [0.25, 0.3) is 0 Å². The Kier molecular flexibility index (Phi) is 57.2. The Balaban J connectivity index is 4.32. The molecule has 0 fully saturated rings. The number of allylic oxidation sites excluding steroid dienone is 10. The zero-order valence-electron chi connectivity index (χ0n) is 47.2. The van der Waals surface area contributed by atoms with Gasteiger partial charge in [-0.05, 0) is 83.5 Å². The van der Waals surface area contributed by atoms with Crippen molar-refractivity contribution < 1.29 is 28.6 Å². The summed E-state index contributed by atoms with van der Waals surface area (Å²) in [6, 6.07) is 0. The molecule has 0 aromatic heterocycles. The summed E-state index contributed by atoms with van der Waals surface area (Å²) in [7, 11) is 0. The molecule has 71 heavy (non-hydrogen) atoms. The molecule has 0 radical (unpaired) electrons. The van der Waals surface area contributed by atoms with Crippen LogP contribution < -0.4 is 0 Å². The Morgan fingerprint density at radius 2 is 0.549 bits per heavy atom. The third-order valence-electron chi connectivity index (χ3n) is 13.5. The van der Waals surface area contributed by atoms with Gasteiger partial charge < -0.3 is 14.2 Å². The van der Waals surface area contributed by atoms with Crippen LogP contribution in [0, 0.1) is 0 Å². The fourth-order valence-electron chi connectivity index (χ4n) is 8.90. The van der Waals surface area contributed by atoms with Crippen molar-refractivity contribution in [3.63, 3.8) is 0 Å². The van der Waals surface area contributed by atoms with Crippen LogP contribution in [0.2, 0.25) is 0 Å². The van der Waals surface area contributed by atoms with E-state index in [1.165, 1.54) is 186 Å². The third-order valence-corrected chi connectivity index (χ3v) is 13.5. The molecule has 1 atom stereocenters. The minimum Gasteiger partial charge on any atom is -0.462 e. The van der Waals surface area contributed by atoms with Gasteiger partial charge >= 0.3 is 17.9 Å². The maximum Gasteiger partial charge on any atom is 0.306 e. The second kappa shape index (κ2) is 59.7. The quantitative estimate of drug-likeness (QED) is 0.0261. The summed E-state index contributed by atoms with van der Waals surface area (Å²) in [6.07, 6.45) is 75.0. The highest BCUT2D eigenvalue weighted by atomic mass is 16.6. The lowest BCUT2D eigenvalue weighted by Crippen LogP contribution is -2.30. The van der Waals surface area contributed by atoms with Gasteiger partial charge in [-0.1, -0.05) is 274 Å². The van der Waals surface area contributed by atoms with Crippen LogP contribution >= 0.6 is 0 Å². The summed E-state index contributed by atoms with van der Waals surface area (Å²) in [5.41, 5.74) is 0. The second-order valence-electron chi connectivity index (χ2n) is 20.6. The van der Waals surface area contributed by atoms with Crippen LogP contribution in [-0.2, 0) is 28.6 Å². The summed E-state index contributed by atoms with van der Waals surface area (Å²) < 4.78 is 16.9. The molecule has 0 spiro atoms. The minimum absolute atomic E-state index is 0.0758. The van der Waals surface area contributed by atoms with Gasteiger partial charge in [0.1, 0.15) is 13.2 Å². The van der Waals surface area contributed by atoms with Crippen molar-refractivity contribution >= 4 is 17.9 Å². The Morgan fingerprint density at radius 1 is 0.296 bits per heavy atom. The zero-order chi connectivity index (χ0) is 51.4. The van der Waals surface area contributed by atoms with Crippen LogP contribution in [0.15, 0.2) is 60.8 Å². The number of hydrogen-bond donors (Lipinski definition) is 0. The van der Waals surface area contributed by atoms with Crippen LogP contribution in [0.5, 0.6) is 0 Å². The predicted octanol–water partition coefficient (Wildman–Crippen LogP) is 20.8. The van der Waals surface area contributed by atoms with Crippen LogP contribution in [0.4, 0.5) is 0 Å². The van der Waals surface area contributed by atoms with Gasteiger partial charge in [0.15, 0.2) is 6.10 Å². The lowest BCUT2D eigenvalue weighted by molar-refractivity contribution is -0.167. The molecule has 412 valence electrons. The maximum absolute atomic E-state index is 12.9. The Bertz CT molecular complexity index is 1280. The first-order chi connectivity index (χ1) is 35.0. The molecular weight excluding hydrogens is 877 g/mol. The SMILES string of the molecule is CC/C=C\C/C=C\C/C=C\C/C=C\CCCCCCCCCCCCC(=O)OCC(COC(=O)CCCCCCC/C=C\CCCCCCC)OC(=O)CCCCCCCCCCCCCCCCCC. The average Bonchev–Trinajstić information content (AvgIpc) is 3.37. The number of esters is 3. The van der Waals surface area contributed by atoms with Gasteiger partial charge in [0.25, 0.3) is 0 Å². The molecule has 0 bridgehead atoms. The molecule has 0 aliphatic carbocycles. The van der Waals surface area contributed by atoms with E-state index in [2.05, 4.69) is 81.5 Å². The standard InChI is InChI=1S/C65H116O6/c1-4-7-10-13-16-19-22-25-28-30-31-32-33-34-35-36-38-40-43-46-49-52-55-58-64(67)70-61-62(60-69-63(66)57-54-51-48-45-42-39-27-24-21-18-15-12-9-6-3)71-65(68)59-56-53-50-47-44-41-37-29-26-23-20-17-14-11-8-5-2/h7,10,16,19,24-25,27-28,31-32,62H,4-6,8-9,11-15,17-18,20-23,26,29-30,33-61H2,1-3H3/b10-7-,19-16-,27-24-,28-25-,32-31-. The topological polar surface area (TPSA) is 78.9 Å². The normalized spacial score (nSPS) is 12.4. The van der Waals surface area contributed by atoms with Gasteiger partial charge in [-0.2, -0.15) is 0 Å². The number of unbranched alkanes of at least 4 members (excludes halogenated alkanes) is 35. The van der Waals surface area contributed by atoms with E-state index in [-0.39, 0.29) is 31.1 Å². The summed E-state index contributed by atoms with van der Waals surface area (Å²) in [6.45, 7) is 6.55. The Hall–Kier alpha value is -2.89. The van der Waals surface area contributed by atoms with Crippen molar-refractivity contribution in [3.05, 3.63) is 60.8 Å². The molecule has 0 heterocycles. The number of carbonyl (C=O) groups is 3. The summed E-state index contributed by atoms with van der Waals surface area (Å²) in [5.74, 6) is -0.871. The molecule has 1 unspecified atom stereocenters. The van der Waals surface area contributed by atoms with Gasteiger partial charge in [0.05, 0.1) is 0 Å². The van der Waals surface area contributed by atoms with E-state index in [4.69, 9.17) is 14.2 Å². The van der Waals surface area contributed by atoms with E-state index in [0.29, 0.717) is 19.3 Å². The first-order valence-electron chi connectivity index (χ1n) is 30.8. The largest absolute Gasteiger partial charge is 0.462 e. The monoisotopic (exact) mass is 993 g/mol. The summed E-state index contributed by atoms with van der Waals surface area (Å²) in [4.78, 5) is 38.2. The minimum atomic E-state index is -0.777. The highest BCUT2D eigenvalue weighted by Crippen LogP contribution is 2.17. The zero-order valence-corrected chi connectivity index (χ0v) is 47.2. The number of rotatable bonds is 56. The Labute approximate surface area is 440 Å². The van der Waals surface area contributed by atoms with Gasteiger partial charge in [0, 0.05) is 19.3 Å². The van der Waals surface area contributed by atoms with Crippen molar-refractivity contribution in [1.29, 1.82) is 0 Å². The van der Waals surface area contributed by atoms with Crippen molar-refractivity contribution in [2.75, 3.05) is 13.2 Å². The van der Waals surface area contributed by atoms with Crippen molar-refractivity contribution in [3.8, 4) is 0 Å². The van der Waals surface area contributed by atoms with E-state index in [9.17, 15) is 14.4 Å². The summed E-state index contributed by atoms with van der Waals surface area (Å²) >= 11 is 0. The van der Waals surface area contributed by atoms with Crippen molar-refractivity contribution in [2.45, 2.75) is 322 Å². The van der Waals surface area contributed by atoms with E-state index >= 15 is 0 Å². The average molecular weight is 994 g/mol. The number of hydrogen-bond acceptors (Lipinski definition) is 6. The Morgan fingerprint density at radius 3 is 0.873 bits per heavy atom. The van der Waals surface area contributed by atoms with Gasteiger partial charge in [-0.25, -0.2) is 0 Å². The molecule has 0 rings (SSSR count). The highest BCUT2D eigenvalue weighted by molar-refractivity contribution is 5.71. The maximum atomic E-state index is 12.9. The van der Waals surface area contributed by atoms with Crippen LogP contribution in [-0.4, -0.2) is 37.2 Å². The number of carbonyl (C=O) groups excluding carboxylic acids is 3. The van der Waals surface area contributed by atoms with Gasteiger partial charge in [0.2, 0.25) is 0 Å². The molecule has 0 aromatic rings. The molecule has 0 N–H and O–H groups in total. The number of ether oxygens (including phenoxy) is 3. The van der Waals surface area contributed by atoms with E-state index in [1.807, 2.05) is 0 Å². The first kappa shape index (κ1) is 68.1. The fourth-order valence-corrected chi connectivity index (χ4v) is 8.90. The van der Waals surface area contributed by atoms with Crippen molar-refractivity contribution in [2.24, 2.45) is 0 Å². The molecular formula is C65H116O6. The molecule has 6 nitrogen and oxygen atoms in total.